The second-order valence-electron chi connectivity index (χ2n) is 5.34. The van der Waals surface area contributed by atoms with Gasteiger partial charge in [0.25, 0.3) is 0 Å². The third-order valence-corrected chi connectivity index (χ3v) is 3.73. The molecule has 1 aliphatic rings. The van der Waals surface area contributed by atoms with E-state index in [1.165, 1.54) is 6.92 Å². The summed E-state index contributed by atoms with van der Waals surface area (Å²) in [6.45, 7) is 2.37. The molecule has 23 heavy (non-hydrogen) atoms. The molecule has 1 amide bonds. The van der Waals surface area contributed by atoms with E-state index in [0.29, 0.717) is 13.3 Å². The number of nitrogens with one attached hydrogen (secondary N) is 1. The largest absolute Gasteiger partial charge is 0.364 e. The summed E-state index contributed by atoms with van der Waals surface area (Å²) < 4.78 is 5.34. The van der Waals surface area contributed by atoms with Crippen LogP contribution in [0.25, 0.3) is 0 Å². The molecule has 2 aromatic rings. The first kappa shape index (κ1) is 15.2. The molecule has 7 nitrogen and oxygen atoms in total. The minimum atomic E-state index is -0.0511. The average Bonchev–Trinajstić information content (AvgIpc) is 2.56. The minimum absolute atomic E-state index is 0.0511. The van der Waals surface area contributed by atoms with Crippen LogP contribution in [0, 0.1) is 0 Å². The number of anilines is 4. The van der Waals surface area contributed by atoms with Crippen molar-refractivity contribution in [1.82, 2.24) is 15.3 Å². The lowest BCUT2D eigenvalue weighted by Gasteiger charge is -2.36. The van der Waals surface area contributed by atoms with Gasteiger partial charge in [-0.3, -0.25) is 9.69 Å². The maximum absolute atomic E-state index is 11.1. The monoisotopic (exact) mass is 313 g/mol. The smallest absolute Gasteiger partial charge is 0.217 e. The average molecular weight is 313 g/mol. The number of amides is 1. The highest BCUT2D eigenvalue weighted by Crippen LogP contribution is 2.44. The van der Waals surface area contributed by atoms with E-state index in [9.17, 15) is 4.79 Å². The number of ether oxygens (including phenoxy) is 1. The molecule has 2 heterocycles. The van der Waals surface area contributed by atoms with E-state index in [-0.39, 0.29) is 5.91 Å². The summed E-state index contributed by atoms with van der Waals surface area (Å²) >= 11 is 0. The molecule has 0 fully saturated rings. The van der Waals surface area contributed by atoms with Gasteiger partial charge < -0.3 is 15.0 Å². The number of carbonyl (C=O) groups is 1. The van der Waals surface area contributed by atoms with E-state index in [2.05, 4.69) is 15.3 Å². The van der Waals surface area contributed by atoms with Crippen LogP contribution in [0.15, 0.2) is 30.6 Å². The van der Waals surface area contributed by atoms with Crippen LogP contribution in [-0.2, 0) is 16.1 Å². The van der Waals surface area contributed by atoms with Crippen molar-refractivity contribution >= 4 is 28.9 Å². The van der Waals surface area contributed by atoms with Gasteiger partial charge in [-0.15, -0.1) is 0 Å². The molecule has 0 radical (unpaired) electrons. The number of hydrogen-bond acceptors (Lipinski definition) is 6. The summed E-state index contributed by atoms with van der Waals surface area (Å²) in [5.41, 5.74) is 3.01. The Morgan fingerprint density at radius 3 is 2.65 bits per heavy atom. The van der Waals surface area contributed by atoms with Gasteiger partial charge >= 0.3 is 0 Å². The lowest BCUT2D eigenvalue weighted by molar-refractivity contribution is -0.119. The number of fused-ring (bicyclic) bond motifs is 2. The van der Waals surface area contributed by atoms with Gasteiger partial charge in [-0.05, 0) is 17.7 Å². The van der Waals surface area contributed by atoms with E-state index in [0.717, 1.165) is 28.6 Å². The Labute approximate surface area is 134 Å². The molecule has 0 spiro atoms. The van der Waals surface area contributed by atoms with Crippen LogP contribution < -0.4 is 15.1 Å². The lowest BCUT2D eigenvalue weighted by Crippen LogP contribution is -2.30. The summed E-state index contributed by atoms with van der Waals surface area (Å²) in [5.74, 6) is 1.48. The van der Waals surface area contributed by atoms with Gasteiger partial charge in [-0.1, -0.05) is 6.07 Å². The van der Waals surface area contributed by atoms with Crippen LogP contribution >= 0.6 is 0 Å². The molecule has 0 atom stereocenters. The molecule has 1 aromatic heterocycles. The van der Waals surface area contributed by atoms with Crippen LogP contribution in [0.4, 0.5) is 23.0 Å². The van der Waals surface area contributed by atoms with Gasteiger partial charge in [0.15, 0.2) is 11.6 Å². The predicted octanol–water partition coefficient (Wildman–Crippen LogP) is 1.94. The van der Waals surface area contributed by atoms with Crippen LogP contribution in [0.2, 0.25) is 0 Å². The van der Waals surface area contributed by atoms with E-state index in [1.54, 1.807) is 19.5 Å². The fourth-order valence-electron chi connectivity index (χ4n) is 2.64. The Morgan fingerprint density at radius 2 is 1.96 bits per heavy atom. The van der Waals surface area contributed by atoms with Gasteiger partial charge in [0.1, 0.15) is 6.73 Å². The lowest BCUT2D eigenvalue weighted by atomic mass is 10.1. The third kappa shape index (κ3) is 2.83. The first-order valence-corrected chi connectivity index (χ1v) is 7.30. The molecule has 1 aromatic carbocycles. The van der Waals surface area contributed by atoms with Gasteiger partial charge in [-0.2, -0.15) is 0 Å². The summed E-state index contributed by atoms with van der Waals surface area (Å²) in [4.78, 5) is 24.0. The summed E-state index contributed by atoms with van der Waals surface area (Å²) in [6, 6.07) is 6.06. The highest BCUT2D eigenvalue weighted by atomic mass is 16.5. The molecule has 0 saturated heterocycles. The van der Waals surface area contributed by atoms with Crippen LogP contribution in [0.3, 0.4) is 0 Å². The SMILES string of the molecule is COCN1c2cc(CNC(C)=O)ccc2N(C)c2nccnc21. The molecule has 0 saturated carbocycles. The van der Waals surface area contributed by atoms with Crippen molar-refractivity contribution in [2.24, 2.45) is 0 Å². The van der Waals surface area contributed by atoms with Crippen molar-refractivity contribution in [3.05, 3.63) is 36.2 Å². The Bertz CT molecular complexity index is 734. The number of methoxy groups -OCH3 is 1. The van der Waals surface area contributed by atoms with E-state index in [4.69, 9.17) is 4.74 Å². The van der Waals surface area contributed by atoms with Crippen molar-refractivity contribution in [3.8, 4) is 0 Å². The molecular weight excluding hydrogens is 294 g/mol. The Kier molecular flexibility index (Phi) is 4.12. The molecule has 0 aliphatic carbocycles. The Balaban J connectivity index is 2.04. The van der Waals surface area contributed by atoms with Crippen molar-refractivity contribution in [2.45, 2.75) is 13.5 Å². The summed E-state index contributed by atoms with van der Waals surface area (Å²) in [5, 5.41) is 2.82. The van der Waals surface area contributed by atoms with E-state index in [1.807, 2.05) is 35.0 Å². The number of benzene rings is 1. The Hall–Kier alpha value is -2.67. The maximum atomic E-state index is 11.1. The van der Waals surface area contributed by atoms with Gasteiger partial charge in [-0.25, -0.2) is 9.97 Å². The summed E-state index contributed by atoms with van der Waals surface area (Å²) in [6.07, 6.45) is 3.35. The fraction of sp³-hybridized carbons (Fsp3) is 0.312. The van der Waals surface area contributed by atoms with Crippen molar-refractivity contribution < 1.29 is 9.53 Å². The molecule has 1 N–H and O–H groups in total. The molecular formula is C16H19N5O2. The molecule has 3 rings (SSSR count). The van der Waals surface area contributed by atoms with Crippen molar-refractivity contribution in [1.29, 1.82) is 0 Å². The highest BCUT2D eigenvalue weighted by molar-refractivity contribution is 5.89. The standard InChI is InChI=1S/C16H19N5O2/c1-11(22)19-9-12-4-5-13-14(8-12)21(10-23-3)16-15(20(13)2)17-6-7-18-16/h4-8H,9-10H2,1-3H3,(H,19,22). The number of rotatable bonds is 4. The first-order valence-electron chi connectivity index (χ1n) is 7.30. The zero-order valence-electron chi connectivity index (χ0n) is 13.4. The normalized spacial score (nSPS) is 12.7. The first-order chi connectivity index (χ1) is 11.1. The van der Waals surface area contributed by atoms with Gasteiger partial charge in [0.2, 0.25) is 5.91 Å². The van der Waals surface area contributed by atoms with Crippen LogP contribution in [0.5, 0.6) is 0 Å². The molecule has 0 bridgehead atoms. The Morgan fingerprint density at radius 1 is 1.22 bits per heavy atom. The zero-order valence-corrected chi connectivity index (χ0v) is 13.4. The van der Waals surface area contributed by atoms with Crippen LogP contribution in [-0.4, -0.2) is 36.8 Å². The number of aromatic nitrogens is 2. The van der Waals surface area contributed by atoms with Crippen molar-refractivity contribution in [3.63, 3.8) is 0 Å². The number of carbonyl (C=O) groups excluding carboxylic acids is 1. The van der Waals surface area contributed by atoms with Crippen molar-refractivity contribution in [2.75, 3.05) is 30.7 Å². The topological polar surface area (TPSA) is 70.6 Å². The van der Waals surface area contributed by atoms with Crippen LogP contribution in [0.1, 0.15) is 12.5 Å². The zero-order chi connectivity index (χ0) is 16.4. The molecule has 120 valence electrons. The third-order valence-electron chi connectivity index (χ3n) is 3.73. The second-order valence-corrected chi connectivity index (χ2v) is 5.34. The maximum Gasteiger partial charge on any atom is 0.217 e. The van der Waals surface area contributed by atoms with Gasteiger partial charge in [0, 0.05) is 40.0 Å². The minimum Gasteiger partial charge on any atom is -0.364 e. The van der Waals surface area contributed by atoms with E-state index >= 15 is 0 Å². The highest BCUT2D eigenvalue weighted by Gasteiger charge is 2.28. The molecule has 1 aliphatic heterocycles. The number of nitrogens with zero attached hydrogens (tertiary/aromatic N) is 4. The molecule has 0 unspecified atom stereocenters. The second kappa shape index (κ2) is 6.21. The van der Waals surface area contributed by atoms with E-state index < -0.39 is 0 Å². The predicted molar refractivity (Wildman–Crippen MR) is 88.1 cm³/mol. The molecule has 7 heteroatoms. The quantitative estimate of drug-likeness (QED) is 0.930. The summed E-state index contributed by atoms with van der Waals surface area (Å²) in [7, 11) is 3.61. The van der Waals surface area contributed by atoms with Gasteiger partial charge in [0.05, 0.1) is 11.4 Å². The number of hydrogen-bond donors (Lipinski definition) is 1. The fourth-order valence-corrected chi connectivity index (χ4v) is 2.64.